The standard InChI is InChI=1S/C19H14BrN7O2S/c20-15-5-1-14(2-6-15)18-10-30-19(23-18)25-24-17(9-26-12-21-11-22-26)13-3-7-16(8-4-13)27(28)29/h1-8,10-12H,9H2,(H,23,25)/b24-17-. The first-order valence-corrected chi connectivity index (χ1v) is 10.4. The first kappa shape index (κ1) is 19.9. The van der Waals surface area contributed by atoms with Gasteiger partial charge in [0.2, 0.25) is 5.13 Å². The highest BCUT2D eigenvalue weighted by molar-refractivity contribution is 9.10. The van der Waals surface area contributed by atoms with E-state index in [0.29, 0.717) is 17.4 Å². The predicted octanol–water partition coefficient (Wildman–Crippen LogP) is 4.59. The third-order valence-electron chi connectivity index (χ3n) is 4.12. The van der Waals surface area contributed by atoms with Crippen LogP contribution in [0.5, 0.6) is 0 Å². The summed E-state index contributed by atoms with van der Waals surface area (Å²) in [6.45, 7) is 0.343. The van der Waals surface area contributed by atoms with Gasteiger partial charge in [-0.1, -0.05) is 28.1 Å². The maximum absolute atomic E-state index is 10.9. The van der Waals surface area contributed by atoms with Gasteiger partial charge in [-0.25, -0.2) is 14.6 Å². The second-order valence-electron chi connectivity index (χ2n) is 6.11. The molecule has 0 fully saturated rings. The van der Waals surface area contributed by atoms with Gasteiger partial charge in [0.25, 0.3) is 5.69 Å². The third kappa shape index (κ3) is 4.75. The number of anilines is 1. The molecule has 0 aliphatic heterocycles. The van der Waals surface area contributed by atoms with E-state index in [4.69, 9.17) is 0 Å². The van der Waals surface area contributed by atoms with Crippen LogP contribution in [0.2, 0.25) is 0 Å². The van der Waals surface area contributed by atoms with Crippen molar-refractivity contribution >= 4 is 43.8 Å². The molecule has 9 nitrogen and oxygen atoms in total. The van der Waals surface area contributed by atoms with Crippen molar-refractivity contribution in [1.29, 1.82) is 0 Å². The van der Waals surface area contributed by atoms with Crippen LogP contribution in [0.4, 0.5) is 10.8 Å². The van der Waals surface area contributed by atoms with Crippen molar-refractivity contribution in [2.45, 2.75) is 6.54 Å². The lowest BCUT2D eigenvalue weighted by molar-refractivity contribution is -0.384. The van der Waals surface area contributed by atoms with Crippen molar-refractivity contribution in [3.63, 3.8) is 0 Å². The number of nitro groups is 1. The van der Waals surface area contributed by atoms with Crippen molar-refractivity contribution in [2.24, 2.45) is 5.10 Å². The molecule has 0 saturated heterocycles. The number of thiazole rings is 1. The number of nitrogens with one attached hydrogen (secondary N) is 1. The molecule has 150 valence electrons. The summed E-state index contributed by atoms with van der Waals surface area (Å²) in [5, 5.41) is 22.1. The number of aromatic nitrogens is 4. The second kappa shape index (κ2) is 8.93. The zero-order valence-corrected chi connectivity index (χ0v) is 17.7. The fourth-order valence-electron chi connectivity index (χ4n) is 2.63. The molecule has 30 heavy (non-hydrogen) atoms. The van der Waals surface area contributed by atoms with E-state index in [1.807, 2.05) is 29.6 Å². The monoisotopic (exact) mass is 483 g/mol. The zero-order valence-electron chi connectivity index (χ0n) is 15.3. The molecule has 4 rings (SSSR count). The largest absolute Gasteiger partial charge is 0.269 e. The number of non-ortho nitro benzene ring substituents is 1. The minimum Gasteiger partial charge on any atom is -0.258 e. The Hall–Kier alpha value is -3.44. The molecule has 0 saturated carbocycles. The molecule has 2 aromatic carbocycles. The van der Waals surface area contributed by atoms with Gasteiger partial charge in [0.15, 0.2) is 0 Å². The summed E-state index contributed by atoms with van der Waals surface area (Å²) in [5.41, 5.74) is 6.22. The lowest BCUT2D eigenvalue weighted by atomic mass is 10.1. The molecule has 0 aliphatic rings. The van der Waals surface area contributed by atoms with Crippen LogP contribution in [-0.4, -0.2) is 30.4 Å². The topological polar surface area (TPSA) is 111 Å². The SMILES string of the molecule is O=[N+]([O-])c1ccc(/C(Cn2cncn2)=N\Nc2nc(-c3ccc(Br)cc3)cs2)cc1. The molecule has 2 aromatic heterocycles. The minimum absolute atomic E-state index is 0.0193. The van der Waals surface area contributed by atoms with Gasteiger partial charge in [-0.05, 0) is 24.3 Å². The molecular formula is C19H14BrN7O2S. The quantitative estimate of drug-likeness (QED) is 0.233. The number of nitrogens with zero attached hydrogens (tertiary/aromatic N) is 6. The molecule has 2 heterocycles. The second-order valence-corrected chi connectivity index (χ2v) is 7.89. The molecule has 0 radical (unpaired) electrons. The lowest BCUT2D eigenvalue weighted by Crippen LogP contribution is -2.14. The summed E-state index contributed by atoms with van der Waals surface area (Å²) in [6.07, 6.45) is 3.02. The molecular weight excluding hydrogens is 470 g/mol. The fourth-order valence-corrected chi connectivity index (χ4v) is 3.55. The molecule has 1 N–H and O–H groups in total. The highest BCUT2D eigenvalue weighted by atomic mass is 79.9. The van der Waals surface area contributed by atoms with Gasteiger partial charge < -0.3 is 0 Å². The molecule has 0 bridgehead atoms. The Bertz CT molecular complexity index is 1170. The lowest BCUT2D eigenvalue weighted by Gasteiger charge is -2.07. The Balaban J connectivity index is 1.57. The molecule has 0 spiro atoms. The Morgan fingerprint density at radius 1 is 1.20 bits per heavy atom. The maximum Gasteiger partial charge on any atom is 0.269 e. The van der Waals surface area contributed by atoms with E-state index < -0.39 is 4.92 Å². The van der Waals surface area contributed by atoms with Gasteiger partial charge in [-0.3, -0.25) is 15.5 Å². The highest BCUT2D eigenvalue weighted by Crippen LogP contribution is 2.26. The molecule has 0 unspecified atom stereocenters. The van der Waals surface area contributed by atoms with Crippen molar-refractivity contribution in [1.82, 2.24) is 19.7 Å². The van der Waals surface area contributed by atoms with Gasteiger partial charge in [-0.2, -0.15) is 10.2 Å². The number of hydrogen-bond acceptors (Lipinski definition) is 8. The average Bonchev–Trinajstić information content (AvgIpc) is 3.44. The number of benzene rings is 2. The van der Waals surface area contributed by atoms with E-state index in [0.717, 1.165) is 21.3 Å². The van der Waals surface area contributed by atoms with E-state index in [-0.39, 0.29) is 5.69 Å². The molecule has 4 aromatic rings. The maximum atomic E-state index is 10.9. The number of nitro benzene ring substituents is 1. The fraction of sp³-hybridized carbons (Fsp3) is 0.0526. The molecule has 11 heteroatoms. The van der Waals surface area contributed by atoms with Crippen molar-refractivity contribution in [2.75, 3.05) is 5.43 Å². The predicted molar refractivity (Wildman–Crippen MR) is 119 cm³/mol. The number of halogens is 1. The van der Waals surface area contributed by atoms with Crippen molar-refractivity contribution in [3.8, 4) is 11.3 Å². The van der Waals surface area contributed by atoms with E-state index in [1.165, 1.54) is 29.8 Å². The zero-order chi connectivity index (χ0) is 20.9. The first-order chi connectivity index (χ1) is 14.6. The van der Waals surface area contributed by atoms with Crippen LogP contribution in [0.3, 0.4) is 0 Å². The van der Waals surface area contributed by atoms with Crippen LogP contribution in [0, 0.1) is 10.1 Å². The molecule has 0 aliphatic carbocycles. The van der Waals surface area contributed by atoms with Crippen LogP contribution < -0.4 is 5.43 Å². The van der Waals surface area contributed by atoms with Gasteiger partial charge in [0.1, 0.15) is 12.7 Å². The summed E-state index contributed by atoms with van der Waals surface area (Å²) in [4.78, 5) is 19.0. The van der Waals surface area contributed by atoms with Gasteiger partial charge in [0.05, 0.1) is 22.9 Å². The normalized spacial score (nSPS) is 11.4. The van der Waals surface area contributed by atoms with Crippen LogP contribution in [-0.2, 0) is 6.54 Å². The molecule has 0 amide bonds. The first-order valence-electron chi connectivity index (χ1n) is 8.70. The van der Waals surface area contributed by atoms with Crippen LogP contribution in [0.1, 0.15) is 5.56 Å². The summed E-state index contributed by atoms with van der Waals surface area (Å²) in [5.74, 6) is 0. The van der Waals surface area contributed by atoms with Crippen molar-refractivity contribution < 1.29 is 4.92 Å². The smallest absolute Gasteiger partial charge is 0.258 e. The number of hydrogen-bond donors (Lipinski definition) is 1. The Morgan fingerprint density at radius 2 is 1.97 bits per heavy atom. The Kier molecular flexibility index (Phi) is 5.91. The third-order valence-corrected chi connectivity index (χ3v) is 5.40. The van der Waals surface area contributed by atoms with E-state index in [2.05, 4.69) is 41.5 Å². The highest BCUT2D eigenvalue weighted by Gasteiger charge is 2.11. The summed E-state index contributed by atoms with van der Waals surface area (Å²) < 4.78 is 2.63. The van der Waals surface area contributed by atoms with Crippen LogP contribution >= 0.6 is 27.3 Å². The molecule has 0 atom stereocenters. The summed E-state index contributed by atoms with van der Waals surface area (Å²) >= 11 is 4.86. The van der Waals surface area contributed by atoms with Gasteiger partial charge in [-0.15, -0.1) is 11.3 Å². The Morgan fingerprint density at radius 3 is 2.63 bits per heavy atom. The number of rotatable bonds is 7. The minimum atomic E-state index is -0.435. The van der Waals surface area contributed by atoms with Crippen LogP contribution in [0.15, 0.2) is 76.1 Å². The summed E-state index contributed by atoms with van der Waals surface area (Å²) in [6, 6.07) is 14.1. The van der Waals surface area contributed by atoms with E-state index in [9.17, 15) is 10.1 Å². The van der Waals surface area contributed by atoms with E-state index in [1.54, 1.807) is 23.1 Å². The van der Waals surface area contributed by atoms with Gasteiger partial charge in [0, 0.05) is 33.1 Å². The summed E-state index contributed by atoms with van der Waals surface area (Å²) in [7, 11) is 0. The Labute approximate surface area is 183 Å². The van der Waals surface area contributed by atoms with Crippen molar-refractivity contribution in [3.05, 3.63) is 86.7 Å². The van der Waals surface area contributed by atoms with Gasteiger partial charge >= 0.3 is 0 Å². The number of hydrazone groups is 1. The average molecular weight is 484 g/mol. The van der Waals surface area contributed by atoms with E-state index >= 15 is 0 Å². The van der Waals surface area contributed by atoms with Crippen LogP contribution in [0.25, 0.3) is 11.3 Å².